The summed E-state index contributed by atoms with van der Waals surface area (Å²) >= 11 is 6.03. The molecule has 0 aromatic heterocycles. The smallest absolute Gasteiger partial charge is 0.162 e. The number of halogens is 1. The maximum Gasteiger partial charge on any atom is 0.162 e. The first-order valence-electron chi connectivity index (χ1n) is 5.02. The van der Waals surface area contributed by atoms with Gasteiger partial charge in [0.2, 0.25) is 0 Å². The fraction of sp³-hybridized carbons (Fsp3) is 0.417. The first-order valence-corrected chi connectivity index (χ1v) is 5.40. The highest BCUT2D eigenvalue weighted by Gasteiger charge is 2.19. The zero-order valence-corrected chi connectivity index (χ0v) is 10.3. The van der Waals surface area contributed by atoms with Gasteiger partial charge in [0.15, 0.2) is 11.5 Å². The summed E-state index contributed by atoms with van der Waals surface area (Å²) in [5, 5.41) is 10.5. The lowest BCUT2D eigenvalue weighted by atomic mass is 9.93. The summed E-state index contributed by atoms with van der Waals surface area (Å²) < 4.78 is 5.03. The summed E-state index contributed by atoms with van der Waals surface area (Å²) in [4.78, 5) is 10.5. The van der Waals surface area contributed by atoms with E-state index >= 15 is 0 Å². The van der Waals surface area contributed by atoms with Crippen molar-refractivity contribution in [3.63, 3.8) is 0 Å². The Morgan fingerprint density at radius 3 is 2.75 bits per heavy atom. The number of rotatable bonds is 4. The van der Waals surface area contributed by atoms with Gasteiger partial charge in [-0.25, -0.2) is 0 Å². The third-order valence-electron chi connectivity index (χ3n) is 2.67. The standard InChI is InChI=1S/C12H15ClO3/c1-7(4-5-14)11-8(2)9(13)6-10(16-3)12(11)15/h5-7,15H,4H2,1-3H3. The van der Waals surface area contributed by atoms with Crippen molar-refractivity contribution >= 4 is 17.9 Å². The number of methoxy groups -OCH3 is 1. The molecule has 88 valence electrons. The number of hydrogen-bond acceptors (Lipinski definition) is 3. The van der Waals surface area contributed by atoms with Gasteiger partial charge in [-0.05, 0) is 18.4 Å². The topological polar surface area (TPSA) is 46.5 Å². The van der Waals surface area contributed by atoms with E-state index in [1.54, 1.807) is 6.07 Å². The minimum Gasteiger partial charge on any atom is -0.504 e. The van der Waals surface area contributed by atoms with E-state index in [-0.39, 0.29) is 11.7 Å². The second-order valence-corrected chi connectivity index (χ2v) is 4.16. The van der Waals surface area contributed by atoms with Crippen LogP contribution in [0.25, 0.3) is 0 Å². The van der Waals surface area contributed by atoms with Gasteiger partial charge in [0.1, 0.15) is 6.29 Å². The molecule has 0 aliphatic carbocycles. The fourth-order valence-electron chi connectivity index (χ4n) is 1.75. The number of phenolic OH excluding ortho intramolecular Hbond substituents is 1. The number of aldehydes is 1. The van der Waals surface area contributed by atoms with E-state index in [1.807, 2.05) is 13.8 Å². The molecule has 1 rings (SSSR count). The van der Waals surface area contributed by atoms with E-state index in [0.717, 1.165) is 11.8 Å². The van der Waals surface area contributed by atoms with Gasteiger partial charge in [-0.2, -0.15) is 0 Å². The minimum absolute atomic E-state index is 0.0683. The van der Waals surface area contributed by atoms with Crippen LogP contribution in [0.1, 0.15) is 30.4 Å². The number of hydrogen-bond donors (Lipinski definition) is 1. The first-order chi connectivity index (χ1) is 7.52. The van der Waals surface area contributed by atoms with Crippen LogP contribution >= 0.6 is 11.6 Å². The van der Waals surface area contributed by atoms with Gasteiger partial charge >= 0.3 is 0 Å². The molecule has 3 nitrogen and oxygen atoms in total. The van der Waals surface area contributed by atoms with Crippen LogP contribution in [0.5, 0.6) is 11.5 Å². The van der Waals surface area contributed by atoms with Crippen LogP contribution in [0.2, 0.25) is 5.02 Å². The zero-order valence-electron chi connectivity index (χ0n) is 9.58. The molecule has 1 atom stereocenters. The van der Waals surface area contributed by atoms with Crippen LogP contribution in [-0.4, -0.2) is 18.5 Å². The van der Waals surface area contributed by atoms with Crippen molar-refractivity contribution in [2.75, 3.05) is 7.11 Å². The van der Waals surface area contributed by atoms with Gasteiger partial charge in [0.25, 0.3) is 0 Å². The van der Waals surface area contributed by atoms with Gasteiger partial charge in [-0.15, -0.1) is 0 Å². The number of aromatic hydroxyl groups is 1. The summed E-state index contributed by atoms with van der Waals surface area (Å²) in [6, 6.07) is 1.57. The molecule has 0 fully saturated rings. The Labute approximate surface area is 100.0 Å². The molecule has 0 bridgehead atoms. The molecular formula is C12H15ClO3. The highest BCUT2D eigenvalue weighted by molar-refractivity contribution is 6.31. The van der Waals surface area contributed by atoms with Crippen molar-refractivity contribution in [1.29, 1.82) is 0 Å². The molecule has 1 aromatic carbocycles. The Morgan fingerprint density at radius 2 is 2.25 bits per heavy atom. The number of phenols is 1. The second-order valence-electron chi connectivity index (χ2n) is 3.75. The van der Waals surface area contributed by atoms with Gasteiger partial charge in [0, 0.05) is 23.1 Å². The molecule has 0 radical (unpaired) electrons. The van der Waals surface area contributed by atoms with Crippen LogP contribution in [0.15, 0.2) is 6.07 Å². The van der Waals surface area contributed by atoms with Crippen LogP contribution < -0.4 is 4.74 Å². The lowest BCUT2D eigenvalue weighted by Crippen LogP contribution is -2.00. The number of benzene rings is 1. The molecule has 1 unspecified atom stereocenters. The van der Waals surface area contributed by atoms with Gasteiger partial charge in [0.05, 0.1) is 7.11 Å². The second kappa shape index (κ2) is 5.21. The maximum atomic E-state index is 10.5. The highest BCUT2D eigenvalue weighted by Crippen LogP contribution is 2.41. The van der Waals surface area contributed by atoms with E-state index < -0.39 is 0 Å². The van der Waals surface area contributed by atoms with Crippen LogP contribution in [0.3, 0.4) is 0 Å². The van der Waals surface area contributed by atoms with Gasteiger partial charge in [-0.3, -0.25) is 0 Å². The van der Waals surface area contributed by atoms with E-state index in [1.165, 1.54) is 7.11 Å². The SMILES string of the molecule is COc1cc(Cl)c(C)c(C(C)CC=O)c1O. The van der Waals surface area contributed by atoms with Crippen LogP contribution in [0.4, 0.5) is 0 Å². The molecule has 0 saturated heterocycles. The number of ether oxygens (including phenoxy) is 1. The molecule has 1 N–H and O–H groups in total. The van der Waals surface area contributed by atoms with Crippen molar-refractivity contribution in [2.24, 2.45) is 0 Å². The summed E-state index contributed by atoms with van der Waals surface area (Å²) in [6.45, 7) is 3.68. The average Bonchev–Trinajstić information content (AvgIpc) is 2.24. The minimum atomic E-state index is -0.0786. The Hall–Kier alpha value is -1.22. The Balaban J connectivity index is 3.34. The van der Waals surface area contributed by atoms with Crippen molar-refractivity contribution < 1.29 is 14.6 Å². The number of carbonyl (C=O) groups excluding carboxylic acids is 1. The lowest BCUT2D eigenvalue weighted by molar-refractivity contribution is -0.108. The quantitative estimate of drug-likeness (QED) is 0.826. The Bertz CT molecular complexity index is 402. The monoisotopic (exact) mass is 242 g/mol. The van der Waals surface area contributed by atoms with Gasteiger partial charge in [-0.1, -0.05) is 18.5 Å². The molecule has 1 aromatic rings. The predicted octanol–water partition coefficient (Wildman–Crippen LogP) is 3.06. The van der Waals surface area contributed by atoms with Gasteiger partial charge < -0.3 is 14.6 Å². The van der Waals surface area contributed by atoms with Crippen LogP contribution in [-0.2, 0) is 4.79 Å². The predicted molar refractivity (Wildman–Crippen MR) is 63.5 cm³/mol. The first kappa shape index (κ1) is 12.8. The molecule has 4 heteroatoms. The molecule has 0 aliphatic rings. The van der Waals surface area contributed by atoms with E-state index in [4.69, 9.17) is 16.3 Å². The molecular weight excluding hydrogens is 228 g/mol. The summed E-state index contributed by atoms with van der Waals surface area (Å²) in [7, 11) is 1.47. The van der Waals surface area contributed by atoms with E-state index in [2.05, 4.69) is 0 Å². The van der Waals surface area contributed by atoms with Crippen LogP contribution in [0, 0.1) is 6.92 Å². The Kier molecular flexibility index (Phi) is 4.19. The summed E-state index contributed by atoms with van der Waals surface area (Å²) in [5.74, 6) is 0.326. The molecule has 0 spiro atoms. The van der Waals surface area contributed by atoms with Crippen molar-refractivity contribution in [3.05, 3.63) is 22.2 Å². The number of carbonyl (C=O) groups is 1. The molecule has 16 heavy (non-hydrogen) atoms. The van der Waals surface area contributed by atoms with E-state index in [9.17, 15) is 9.90 Å². The highest BCUT2D eigenvalue weighted by atomic mass is 35.5. The normalized spacial score (nSPS) is 12.2. The third kappa shape index (κ3) is 2.30. The molecule has 0 amide bonds. The average molecular weight is 243 g/mol. The summed E-state index contributed by atoms with van der Waals surface area (Å²) in [6.07, 6.45) is 1.18. The molecule has 0 saturated carbocycles. The van der Waals surface area contributed by atoms with Crippen molar-refractivity contribution in [2.45, 2.75) is 26.2 Å². The zero-order chi connectivity index (χ0) is 12.3. The largest absolute Gasteiger partial charge is 0.504 e. The molecule has 0 heterocycles. The van der Waals surface area contributed by atoms with E-state index in [0.29, 0.717) is 22.8 Å². The summed E-state index contributed by atoms with van der Waals surface area (Å²) in [5.41, 5.74) is 1.46. The van der Waals surface area contributed by atoms with Crippen molar-refractivity contribution in [1.82, 2.24) is 0 Å². The lowest BCUT2D eigenvalue weighted by Gasteiger charge is -2.17. The fourth-order valence-corrected chi connectivity index (χ4v) is 1.95. The molecule has 0 aliphatic heterocycles. The maximum absolute atomic E-state index is 10.5. The third-order valence-corrected chi connectivity index (χ3v) is 3.06. The van der Waals surface area contributed by atoms with Crippen molar-refractivity contribution in [3.8, 4) is 11.5 Å². The Morgan fingerprint density at radius 1 is 1.62 bits per heavy atom.